The topological polar surface area (TPSA) is 127 Å². The highest BCUT2D eigenvalue weighted by Gasteiger charge is 2.36. The van der Waals surface area contributed by atoms with Gasteiger partial charge in [-0.15, -0.1) is 5.06 Å². The number of rotatable bonds is 10. The van der Waals surface area contributed by atoms with E-state index in [2.05, 4.69) is 10.3 Å². The van der Waals surface area contributed by atoms with E-state index < -0.39 is 29.8 Å². The van der Waals surface area contributed by atoms with Gasteiger partial charge in [0.1, 0.15) is 17.7 Å². The molecule has 1 amide bonds. The molecular formula is C29H38N4O6. The first kappa shape index (κ1) is 28.4. The van der Waals surface area contributed by atoms with Crippen LogP contribution in [0.25, 0.3) is 10.9 Å². The summed E-state index contributed by atoms with van der Waals surface area (Å²) in [5.74, 6) is -3.55. The van der Waals surface area contributed by atoms with Crippen LogP contribution in [0.1, 0.15) is 79.7 Å². The molecule has 0 radical (unpaired) electrons. The zero-order valence-electron chi connectivity index (χ0n) is 23.3. The average Bonchev–Trinajstić information content (AvgIpc) is 3.44. The molecule has 1 aliphatic carbocycles. The molecule has 0 aliphatic heterocycles. The second kappa shape index (κ2) is 12.0. The molecule has 4 rings (SSSR count). The summed E-state index contributed by atoms with van der Waals surface area (Å²) in [5.41, 5.74) is 1.73. The predicted molar refractivity (Wildman–Crippen MR) is 145 cm³/mol. The second-order valence-electron chi connectivity index (χ2n) is 10.8. The van der Waals surface area contributed by atoms with Crippen molar-refractivity contribution in [2.24, 2.45) is 18.9 Å². The number of carbonyl (C=O) groups is 3. The zero-order valence-corrected chi connectivity index (χ0v) is 23.3. The van der Waals surface area contributed by atoms with Gasteiger partial charge in [-0.3, -0.25) is 4.79 Å². The van der Waals surface area contributed by atoms with E-state index in [0.29, 0.717) is 0 Å². The number of aromatic carboxylic acids is 1. The number of fused-ring (bicyclic) bond motifs is 1. The molecule has 2 aromatic heterocycles. The lowest BCUT2D eigenvalue weighted by molar-refractivity contribution is -0.203. The van der Waals surface area contributed by atoms with Gasteiger partial charge in [-0.25, -0.2) is 14.6 Å². The van der Waals surface area contributed by atoms with Crippen LogP contribution in [0.4, 0.5) is 0 Å². The summed E-state index contributed by atoms with van der Waals surface area (Å²) < 4.78 is 7.73. The molecule has 2 N–H and O–H groups in total. The lowest BCUT2D eigenvalue weighted by Crippen LogP contribution is -2.44. The Labute approximate surface area is 228 Å². The maximum Gasteiger partial charge on any atom is 0.358 e. The van der Waals surface area contributed by atoms with Crippen molar-refractivity contribution in [2.45, 2.75) is 71.4 Å². The average molecular weight is 539 g/mol. The van der Waals surface area contributed by atoms with Crippen LogP contribution in [-0.2, 0) is 27.9 Å². The molecule has 0 bridgehead atoms. The van der Waals surface area contributed by atoms with Crippen LogP contribution in [0.15, 0.2) is 34.9 Å². The largest absolute Gasteiger partial charge is 0.476 e. The molecule has 0 unspecified atom stereocenters. The van der Waals surface area contributed by atoms with E-state index in [4.69, 9.17) is 9.25 Å². The molecule has 3 aromatic rings. The quantitative estimate of drug-likeness (QED) is 0.284. The Kier molecular flexibility index (Phi) is 8.74. The monoisotopic (exact) mass is 538 g/mol. The molecule has 39 heavy (non-hydrogen) atoms. The van der Waals surface area contributed by atoms with Crippen molar-refractivity contribution in [2.75, 3.05) is 7.05 Å². The van der Waals surface area contributed by atoms with E-state index in [1.807, 2.05) is 42.1 Å². The van der Waals surface area contributed by atoms with E-state index in [0.717, 1.165) is 42.1 Å². The summed E-state index contributed by atoms with van der Waals surface area (Å²) in [6.07, 6.45) is 7.50. The highest BCUT2D eigenvalue weighted by molar-refractivity contribution is 5.98. The molecule has 1 fully saturated rings. The lowest BCUT2D eigenvalue weighted by atomic mass is 9.94. The number of amides is 1. The zero-order chi connectivity index (χ0) is 28.3. The number of para-hydroxylation sites is 1. The molecule has 10 nitrogen and oxygen atoms in total. The van der Waals surface area contributed by atoms with Crippen molar-refractivity contribution >= 4 is 28.7 Å². The van der Waals surface area contributed by atoms with Crippen molar-refractivity contribution in [1.82, 2.24) is 19.9 Å². The number of hydrogen-bond acceptors (Lipinski definition) is 7. The first-order valence-corrected chi connectivity index (χ1v) is 13.5. The summed E-state index contributed by atoms with van der Waals surface area (Å²) in [6.45, 7) is 5.11. The number of hydroxylamine groups is 2. The van der Waals surface area contributed by atoms with Crippen LogP contribution in [0.3, 0.4) is 0 Å². The van der Waals surface area contributed by atoms with Crippen LogP contribution in [0, 0.1) is 18.8 Å². The number of carboxylic acids is 1. The SMILES string of the molecule is Cc1oc([C@@H](Cc2cn(C)c3ccccc23)NC(=O)[C@@H](C(=O)ON(C)C2CCCCC2)C(C)C)nc1C(=O)O. The standard InChI is InChI=1S/C29H38N4O6/c1-17(2)24(29(37)39-33(5)20-11-7-6-8-12-20)26(34)30-22(27-31-25(28(35)36)18(3)38-27)15-19-16-32(4)23-14-10-9-13-21(19)23/h9-10,13-14,16-17,20,22,24H,6-8,11-12,15H2,1-5H3,(H,30,34)(H,35,36)/t22-,24+/m1/s1. The van der Waals surface area contributed by atoms with Gasteiger partial charge in [0, 0.05) is 43.7 Å². The van der Waals surface area contributed by atoms with Gasteiger partial charge in [0.15, 0.2) is 5.69 Å². The Balaban J connectivity index is 1.60. The first-order chi connectivity index (χ1) is 18.6. The van der Waals surface area contributed by atoms with Crippen molar-refractivity contribution in [3.63, 3.8) is 0 Å². The number of aromatic nitrogens is 2. The van der Waals surface area contributed by atoms with Crippen molar-refractivity contribution in [1.29, 1.82) is 0 Å². The van der Waals surface area contributed by atoms with E-state index >= 15 is 0 Å². The normalized spacial score (nSPS) is 16.0. The number of benzene rings is 1. The van der Waals surface area contributed by atoms with Gasteiger partial charge in [-0.05, 0) is 37.3 Å². The van der Waals surface area contributed by atoms with Gasteiger partial charge >= 0.3 is 11.9 Å². The lowest BCUT2D eigenvalue weighted by Gasteiger charge is -2.31. The maximum atomic E-state index is 13.6. The highest BCUT2D eigenvalue weighted by Crippen LogP contribution is 2.28. The van der Waals surface area contributed by atoms with Crippen LogP contribution < -0.4 is 5.32 Å². The van der Waals surface area contributed by atoms with Gasteiger partial charge in [0.2, 0.25) is 11.8 Å². The van der Waals surface area contributed by atoms with Crippen molar-refractivity contribution in [3.8, 4) is 0 Å². The fraction of sp³-hybridized carbons (Fsp3) is 0.517. The minimum atomic E-state index is -1.22. The van der Waals surface area contributed by atoms with Crippen LogP contribution >= 0.6 is 0 Å². The van der Waals surface area contributed by atoms with E-state index in [-0.39, 0.29) is 35.7 Å². The smallest absolute Gasteiger partial charge is 0.358 e. The molecule has 210 valence electrons. The van der Waals surface area contributed by atoms with E-state index in [1.165, 1.54) is 13.3 Å². The number of hydrogen-bond donors (Lipinski definition) is 2. The van der Waals surface area contributed by atoms with Crippen LogP contribution in [0.5, 0.6) is 0 Å². The fourth-order valence-electron chi connectivity index (χ4n) is 5.43. The van der Waals surface area contributed by atoms with Gasteiger partial charge in [0.05, 0.1) is 0 Å². The highest BCUT2D eigenvalue weighted by atomic mass is 16.7. The van der Waals surface area contributed by atoms with Gasteiger partial charge < -0.3 is 24.2 Å². The Morgan fingerprint density at radius 3 is 2.54 bits per heavy atom. The summed E-state index contributed by atoms with van der Waals surface area (Å²) >= 11 is 0. The molecule has 1 aromatic carbocycles. The molecule has 10 heteroatoms. The molecule has 0 saturated heterocycles. The minimum Gasteiger partial charge on any atom is -0.476 e. The molecular weight excluding hydrogens is 500 g/mol. The molecule has 2 atom stereocenters. The van der Waals surface area contributed by atoms with E-state index in [9.17, 15) is 19.5 Å². The number of carboxylic acid groups (broad SMARTS) is 1. The number of aryl methyl sites for hydroxylation is 2. The number of nitrogens with zero attached hydrogens (tertiary/aromatic N) is 3. The van der Waals surface area contributed by atoms with Crippen LogP contribution in [-0.4, -0.2) is 50.7 Å². The molecule has 0 spiro atoms. The number of oxazole rings is 1. The Bertz CT molecular complexity index is 1340. The third kappa shape index (κ3) is 6.33. The minimum absolute atomic E-state index is 0.0707. The van der Waals surface area contributed by atoms with Gasteiger partial charge in [-0.1, -0.05) is 51.3 Å². The summed E-state index contributed by atoms with van der Waals surface area (Å²) in [6, 6.07) is 7.21. The molecule has 2 heterocycles. The van der Waals surface area contributed by atoms with Gasteiger partial charge in [0.25, 0.3) is 0 Å². The number of carbonyl (C=O) groups excluding carboxylic acids is 2. The third-order valence-electron chi connectivity index (χ3n) is 7.56. The third-order valence-corrected chi connectivity index (χ3v) is 7.56. The maximum absolute atomic E-state index is 13.6. The number of nitrogens with one attached hydrogen (secondary N) is 1. The van der Waals surface area contributed by atoms with E-state index in [1.54, 1.807) is 26.0 Å². The summed E-state index contributed by atoms with van der Waals surface area (Å²) in [7, 11) is 3.68. The molecule has 1 aliphatic rings. The fourth-order valence-corrected chi connectivity index (χ4v) is 5.43. The summed E-state index contributed by atoms with van der Waals surface area (Å²) in [4.78, 5) is 48.4. The second-order valence-corrected chi connectivity index (χ2v) is 10.8. The van der Waals surface area contributed by atoms with Gasteiger partial charge in [-0.2, -0.15) is 0 Å². The first-order valence-electron chi connectivity index (χ1n) is 13.5. The Hall–Kier alpha value is -3.66. The Morgan fingerprint density at radius 1 is 1.21 bits per heavy atom. The molecule has 1 saturated carbocycles. The Morgan fingerprint density at radius 2 is 1.90 bits per heavy atom. The van der Waals surface area contributed by atoms with Crippen molar-refractivity contribution < 1.29 is 28.7 Å². The predicted octanol–water partition coefficient (Wildman–Crippen LogP) is 4.57. The van der Waals surface area contributed by atoms with Crippen LogP contribution in [0.2, 0.25) is 0 Å². The van der Waals surface area contributed by atoms with Crippen molar-refractivity contribution in [3.05, 3.63) is 53.4 Å². The summed E-state index contributed by atoms with van der Waals surface area (Å²) in [5, 5.41) is 15.0.